The number of hydrogen-bond donors (Lipinski definition) is 3. The van der Waals surface area contributed by atoms with E-state index < -0.39 is 0 Å². The van der Waals surface area contributed by atoms with E-state index in [1.165, 1.54) is 0 Å². The number of aryl methyl sites for hydroxylation is 1. The summed E-state index contributed by atoms with van der Waals surface area (Å²) in [5, 5.41) is 15.6. The SMILES string of the molecule is CC(C)Oc1ccc(C(=O)N[C@H](CCO)Cc2ccc(-c3cn(C)c([C@@H](C)NC=O)n3)cc2)cc1Cl. The molecule has 3 aromatic rings. The van der Waals surface area contributed by atoms with Crippen LogP contribution in [0.2, 0.25) is 5.02 Å². The lowest BCUT2D eigenvalue weighted by Gasteiger charge is -2.19. The molecule has 2 aromatic carbocycles. The molecule has 3 rings (SSSR count). The lowest BCUT2D eigenvalue weighted by Crippen LogP contribution is -2.37. The number of carbonyl (C=O) groups is 2. The highest BCUT2D eigenvalue weighted by atomic mass is 35.5. The van der Waals surface area contributed by atoms with Crippen LogP contribution in [-0.2, 0) is 18.3 Å². The molecule has 0 radical (unpaired) electrons. The van der Waals surface area contributed by atoms with Crippen molar-refractivity contribution in [3.05, 3.63) is 70.6 Å². The predicted molar refractivity (Wildman–Crippen MR) is 140 cm³/mol. The van der Waals surface area contributed by atoms with Crippen LogP contribution in [0, 0.1) is 0 Å². The molecule has 0 bridgehead atoms. The molecule has 1 aromatic heterocycles. The second-order valence-electron chi connectivity index (χ2n) is 9.00. The Morgan fingerprint density at radius 3 is 2.53 bits per heavy atom. The summed E-state index contributed by atoms with van der Waals surface area (Å²) in [5.41, 5.74) is 3.20. The molecule has 0 aliphatic carbocycles. The number of hydrogen-bond acceptors (Lipinski definition) is 5. The topological polar surface area (TPSA) is 105 Å². The van der Waals surface area contributed by atoms with Crippen molar-refractivity contribution in [1.82, 2.24) is 20.2 Å². The number of aliphatic hydroxyl groups is 1. The van der Waals surface area contributed by atoms with Gasteiger partial charge in [0.1, 0.15) is 11.6 Å². The van der Waals surface area contributed by atoms with E-state index in [-0.39, 0.29) is 30.7 Å². The molecule has 0 saturated carbocycles. The third kappa shape index (κ3) is 7.08. The van der Waals surface area contributed by atoms with Gasteiger partial charge in [-0.15, -0.1) is 0 Å². The summed E-state index contributed by atoms with van der Waals surface area (Å²) in [6.45, 7) is 5.64. The van der Waals surface area contributed by atoms with Crippen molar-refractivity contribution in [2.24, 2.45) is 7.05 Å². The second kappa shape index (κ2) is 12.6. The highest BCUT2D eigenvalue weighted by Crippen LogP contribution is 2.27. The molecule has 2 amide bonds. The van der Waals surface area contributed by atoms with E-state index >= 15 is 0 Å². The lowest BCUT2D eigenvalue weighted by molar-refractivity contribution is -0.110. The maximum absolute atomic E-state index is 12.9. The molecule has 0 aliphatic rings. The normalized spacial score (nSPS) is 12.8. The van der Waals surface area contributed by atoms with Crippen molar-refractivity contribution in [1.29, 1.82) is 0 Å². The number of nitrogens with one attached hydrogen (secondary N) is 2. The fourth-order valence-corrected chi connectivity index (χ4v) is 4.16. The number of benzene rings is 2. The summed E-state index contributed by atoms with van der Waals surface area (Å²) < 4.78 is 7.52. The van der Waals surface area contributed by atoms with Crippen LogP contribution in [0.1, 0.15) is 55.0 Å². The average molecular weight is 513 g/mol. The van der Waals surface area contributed by atoms with Gasteiger partial charge in [-0.2, -0.15) is 0 Å². The average Bonchev–Trinajstić information content (AvgIpc) is 3.22. The molecular formula is C27H33ClN4O4. The Labute approximate surface area is 216 Å². The number of carbonyl (C=O) groups excluding carboxylic acids is 2. The summed E-state index contributed by atoms with van der Waals surface area (Å²) in [6.07, 6.45) is 3.54. The quantitative estimate of drug-likeness (QED) is 0.317. The van der Waals surface area contributed by atoms with Crippen LogP contribution in [0.5, 0.6) is 5.75 Å². The van der Waals surface area contributed by atoms with Gasteiger partial charge in [0.2, 0.25) is 6.41 Å². The maximum Gasteiger partial charge on any atom is 0.251 e. The zero-order chi connectivity index (χ0) is 26.2. The molecule has 0 spiro atoms. The number of ether oxygens (including phenoxy) is 1. The van der Waals surface area contributed by atoms with Gasteiger partial charge in [-0.25, -0.2) is 4.98 Å². The van der Waals surface area contributed by atoms with E-state index in [0.29, 0.717) is 35.6 Å². The van der Waals surface area contributed by atoms with E-state index in [4.69, 9.17) is 16.3 Å². The van der Waals surface area contributed by atoms with Crippen LogP contribution in [0.3, 0.4) is 0 Å². The minimum absolute atomic E-state index is 0.0229. The molecular weight excluding hydrogens is 480 g/mol. The van der Waals surface area contributed by atoms with Crippen LogP contribution in [0.15, 0.2) is 48.7 Å². The minimum Gasteiger partial charge on any atom is -0.489 e. The Bertz CT molecular complexity index is 1180. The molecule has 2 atom stereocenters. The van der Waals surface area contributed by atoms with E-state index in [0.717, 1.165) is 22.6 Å². The number of aromatic nitrogens is 2. The van der Waals surface area contributed by atoms with Gasteiger partial charge in [-0.3, -0.25) is 9.59 Å². The zero-order valence-corrected chi connectivity index (χ0v) is 21.7. The maximum atomic E-state index is 12.9. The molecule has 0 unspecified atom stereocenters. The molecule has 36 heavy (non-hydrogen) atoms. The fourth-order valence-electron chi connectivity index (χ4n) is 3.94. The first-order chi connectivity index (χ1) is 17.2. The van der Waals surface area contributed by atoms with Crippen LogP contribution in [-0.4, -0.2) is 45.7 Å². The Morgan fingerprint density at radius 2 is 1.92 bits per heavy atom. The predicted octanol–water partition coefficient (Wildman–Crippen LogP) is 4.06. The first-order valence-corrected chi connectivity index (χ1v) is 12.3. The van der Waals surface area contributed by atoms with Crippen molar-refractivity contribution in [2.75, 3.05) is 6.61 Å². The summed E-state index contributed by atoms with van der Waals surface area (Å²) in [6, 6.07) is 12.4. The van der Waals surface area contributed by atoms with Crippen LogP contribution < -0.4 is 15.4 Å². The Kier molecular flexibility index (Phi) is 9.50. The third-order valence-electron chi connectivity index (χ3n) is 5.72. The van der Waals surface area contributed by atoms with Crippen molar-refractivity contribution in [2.45, 2.75) is 51.8 Å². The molecule has 0 aliphatic heterocycles. The van der Waals surface area contributed by atoms with Crippen molar-refractivity contribution < 1.29 is 19.4 Å². The summed E-state index contributed by atoms with van der Waals surface area (Å²) in [7, 11) is 1.89. The van der Waals surface area contributed by atoms with Gasteiger partial charge in [0.15, 0.2) is 0 Å². The Balaban J connectivity index is 1.68. The van der Waals surface area contributed by atoms with E-state index in [1.807, 2.05) is 62.8 Å². The largest absolute Gasteiger partial charge is 0.489 e. The van der Waals surface area contributed by atoms with E-state index in [1.54, 1.807) is 18.2 Å². The van der Waals surface area contributed by atoms with Gasteiger partial charge in [-0.05, 0) is 57.4 Å². The van der Waals surface area contributed by atoms with Gasteiger partial charge >= 0.3 is 0 Å². The van der Waals surface area contributed by atoms with Crippen LogP contribution in [0.4, 0.5) is 0 Å². The molecule has 3 N–H and O–H groups in total. The van der Waals surface area contributed by atoms with E-state index in [9.17, 15) is 14.7 Å². The number of rotatable bonds is 12. The summed E-state index contributed by atoms with van der Waals surface area (Å²) in [5.74, 6) is 1.03. The second-order valence-corrected chi connectivity index (χ2v) is 9.40. The Hall–Kier alpha value is -3.36. The molecule has 192 valence electrons. The van der Waals surface area contributed by atoms with Gasteiger partial charge in [0, 0.05) is 37.0 Å². The molecule has 0 fully saturated rings. The third-order valence-corrected chi connectivity index (χ3v) is 6.01. The number of halogens is 1. The van der Waals surface area contributed by atoms with Crippen molar-refractivity contribution in [3.63, 3.8) is 0 Å². The summed E-state index contributed by atoms with van der Waals surface area (Å²) in [4.78, 5) is 28.3. The lowest BCUT2D eigenvalue weighted by atomic mass is 10.0. The van der Waals surface area contributed by atoms with E-state index in [2.05, 4.69) is 15.6 Å². The zero-order valence-electron chi connectivity index (χ0n) is 21.0. The van der Waals surface area contributed by atoms with Crippen molar-refractivity contribution in [3.8, 4) is 17.0 Å². The number of aliphatic hydroxyl groups excluding tert-OH is 1. The van der Waals surface area contributed by atoms with Gasteiger partial charge in [0.25, 0.3) is 5.91 Å². The highest BCUT2D eigenvalue weighted by molar-refractivity contribution is 6.32. The first-order valence-electron chi connectivity index (χ1n) is 11.9. The molecule has 9 heteroatoms. The van der Waals surface area contributed by atoms with Gasteiger partial charge < -0.3 is 25.0 Å². The Morgan fingerprint density at radius 1 is 1.19 bits per heavy atom. The van der Waals surface area contributed by atoms with Crippen LogP contribution in [0.25, 0.3) is 11.3 Å². The first kappa shape index (κ1) is 27.2. The summed E-state index contributed by atoms with van der Waals surface area (Å²) >= 11 is 6.28. The molecule has 0 saturated heterocycles. The monoisotopic (exact) mass is 512 g/mol. The minimum atomic E-state index is -0.262. The molecule has 1 heterocycles. The number of nitrogens with zero attached hydrogens (tertiary/aromatic N) is 2. The van der Waals surface area contributed by atoms with Gasteiger partial charge in [0.05, 0.1) is 22.9 Å². The number of amides is 2. The molecule has 8 nitrogen and oxygen atoms in total. The van der Waals surface area contributed by atoms with Gasteiger partial charge in [-0.1, -0.05) is 35.9 Å². The highest BCUT2D eigenvalue weighted by Gasteiger charge is 2.17. The number of imidazole rings is 1. The standard InChI is InChI=1S/C27H33ClN4O4/c1-17(2)36-25-10-9-21(14-23(25)28)27(35)30-22(11-12-33)13-19-5-7-20(8-6-19)24-15-32(4)26(31-24)18(3)29-16-34/h5-10,14-18,22,33H,11-13H2,1-4H3,(H,29,34)(H,30,35)/t18-,22-/m1/s1. The smallest absolute Gasteiger partial charge is 0.251 e. The fraction of sp³-hybridized carbons (Fsp3) is 0.370. The van der Waals surface area contributed by atoms with Crippen LogP contribution >= 0.6 is 11.6 Å². The van der Waals surface area contributed by atoms with Crippen molar-refractivity contribution >= 4 is 23.9 Å².